The fraction of sp³-hybridized carbons (Fsp3) is 0.368. The Morgan fingerprint density at radius 3 is 2.64 bits per heavy atom. The molecule has 2 rings (SSSR count). The van der Waals surface area contributed by atoms with Gasteiger partial charge in [-0.3, -0.25) is 9.59 Å². The van der Waals surface area contributed by atoms with Crippen molar-refractivity contribution in [2.75, 3.05) is 20.3 Å². The number of methoxy groups -OCH3 is 1. The molecule has 0 saturated carbocycles. The molecule has 0 radical (unpaired) electrons. The van der Waals surface area contributed by atoms with Crippen molar-refractivity contribution in [3.05, 3.63) is 64.1 Å². The second-order valence-corrected chi connectivity index (χ2v) is 5.77. The minimum absolute atomic E-state index is 0.132. The molecule has 1 heterocycles. The maximum absolute atomic E-state index is 12.1. The van der Waals surface area contributed by atoms with Gasteiger partial charge in [0.25, 0.3) is 5.91 Å². The lowest BCUT2D eigenvalue weighted by atomic mass is 10.1. The number of aromatic nitrogens is 1. The fourth-order valence-corrected chi connectivity index (χ4v) is 2.51. The highest BCUT2D eigenvalue weighted by molar-refractivity contribution is 5.78. The molecule has 6 heteroatoms. The molecule has 0 fully saturated rings. The van der Waals surface area contributed by atoms with Gasteiger partial charge in [0.1, 0.15) is 0 Å². The van der Waals surface area contributed by atoms with E-state index in [2.05, 4.69) is 5.32 Å². The first-order valence-corrected chi connectivity index (χ1v) is 8.19. The van der Waals surface area contributed by atoms with E-state index in [1.54, 1.807) is 20.2 Å². The predicted octanol–water partition coefficient (Wildman–Crippen LogP) is 2.06. The van der Waals surface area contributed by atoms with Crippen molar-refractivity contribution in [3.63, 3.8) is 0 Å². The van der Waals surface area contributed by atoms with Crippen molar-refractivity contribution in [2.24, 2.45) is 0 Å². The van der Waals surface area contributed by atoms with Crippen molar-refractivity contribution in [3.8, 4) is 5.75 Å². The summed E-state index contributed by atoms with van der Waals surface area (Å²) < 4.78 is 12.4. The SMILES string of the molecule is COCCn1ccc(=O)c(OCC(=O)NC(C)c2ccccc2)c1C. The lowest BCUT2D eigenvalue weighted by Crippen LogP contribution is -2.32. The summed E-state index contributed by atoms with van der Waals surface area (Å²) in [6.45, 7) is 4.62. The summed E-state index contributed by atoms with van der Waals surface area (Å²) in [5, 5.41) is 2.86. The molecule has 134 valence electrons. The first-order valence-electron chi connectivity index (χ1n) is 8.19. The lowest BCUT2D eigenvalue weighted by Gasteiger charge is -2.16. The maximum atomic E-state index is 12.1. The Kier molecular flexibility index (Phi) is 6.77. The Morgan fingerprint density at radius 2 is 1.96 bits per heavy atom. The lowest BCUT2D eigenvalue weighted by molar-refractivity contribution is -0.123. The summed E-state index contributed by atoms with van der Waals surface area (Å²) in [7, 11) is 1.62. The molecular formula is C19H24N2O4. The van der Waals surface area contributed by atoms with E-state index in [9.17, 15) is 9.59 Å². The average molecular weight is 344 g/mol. The number of benzene rings is 1. The monoisotopic (exact) mass is 344 g/mol. The van der Waals surface area contributed by atoms with Crippen LogP contribution in [-0.4, -0.2) is 30.8 Å². The Bertz CT molecular complexity index is 756. The number of carbonyl (C=O) groups excluding carboxylic acids is 1. The van der Waals surface area contributed by atoms with E-state index in [-0.39, 0.29) is 29.7 Å². The van der Waals surface area contributed by atoms with Gasteiger partial charge in [0.2, 0.25) is 5.43 Å². The van der Waals surface area contributed by atoms with Crippen molar-refractivity contribution < 1.29 is 14.3 Å². The molecule has 0 aliphatic heterocycles. The third-order valence-corrected chi connectivity index (χ3v) is 3.95. The standard InChI is InChI=1S/C19H24N2O4/c1-14(16-7-5-4-6-8-16)20-18(23)13-25-19-15(2)21(11-12-24-3)10-9-17(19)22/h4-10,14H,11-13H2,1-3H3,(H,20,23). The molecule has 0 aliphatic rings. The first-order chi connectivity index (χ1) is 12.0. The van der Waals surface area contributed by atoms with Crippen LogP contribution in [0.4, 0.5) is 0 Å². The number of hydrogen-bond donors (Lipinski definition) is 1. The summed E-state index contributed by atoms with van der Waals surface area (Å²) in [5.41, 5.74) is 1.44. The average Bonchev–Trinajstić information content (AvgIpc) is 2.61. The molecule has 0 saturated heterocycles. The molecule has 0 bridgehead atoms. The topological polar surface area (TPSA) is 69.6 Å². The Labute approximate surface area is 147 Å². The van der Waals surface area contributed by atoms with Crippen LogP contribution in [0.5, 0.6) is 5.75 Å². The number of pyridine rings is 1. The van der Waals surface area contributed by atoms with E-state index in [0.29, 0.717) is 18.8 Å². The van der Waals surface area contributed by atoms with E-state index >= 15 is 0 Å². The van der Waals surface area contributed by atoms with Crippen molar-refractivity contribution in [1.29, 1.82) is 0 Å². The van der Waals surface area contributed by atoms with Gasteiger partial charge < -0.3 is 19.4 Å². The van der Waals surface area contributed by atoms with Crippen molar-refractivity contribution >= 4 is 5.91 Å². The number of hydrogen-bond acceptors (Lipinski definition) is 4. The Hall–Kier alpha value is -2.60. The van der Waals surface area contributed by atoms with Crippen LogP contribution in [0.25, 0.3) is 0 Å². The van der Waals surface area contributed by atoms with Crippen LogP contribution in [0.15, 0.2) is 47.4 Å². The van der Waals surface area contributed by atoms with Crippen LogP contribution in [0.1, 0.15) is 24.2 Å². The normalized spacial score (nSPS) is 11.8. The highest BCUT2D eigenvalue weighted by Gasteiger charge is 2.13. The largest absolute Gasteiger partial charge is 0.478 e. The number of amides is 1. The van der Waals surface area contributed by atoms with Crippen LogP contribution in [0, 0.1) is 6.92 Å². The molecule has 25 heavy (non-hydrogen) atoms. The first kappa shape index (κ1) is 18.7. The molecule has 1 atom stereocenters. The van der Waals surface area contributed by atoms with Gasteiger partial charge in [-0.05, 0) is 19.4 Å². The zero-order valence-electron chi connectivity index (χ0n) is 14.8. The zero-order valence-corrected chi connectivity index (χ0v) is 14.8. The molecule has 1 unspecified atom stereocenters. The van der Waals surface area contributed by atoms with Gasteiger partial charge in [-0.1, -0.05) is 30.3 Å². The van der Waals surface area contributed by atoms with Crippen LogP contribution < -0.4 is 15.5 Å². The van der Waals surface area contributed by atoms with E-state index in [1.807, 2.05) is 41.8 Å². The Balaban J connectivity index is 1.98. The van der Waals surface area contributed by atoms with E-state index in [1.165, 1.54) is 6.07 Å². The molecule has 1 aromatic carbocycles. The number of rotatable bonds is 8. The molecule has 1 amide bonds. The van der Waals surface area contributed by atoms with Crippen LogP contribution in [0.3, 0.4) is 0 Å². The highest BCUT2D eigenvalue weighted by Crippen LogP contribution is 2.13. The number of nitrogens with one attached hydrogen (secondary N) is 1. The molecule has 0 aliphatic carbocycles. The minimum Gasteiger partial charge on any atom is -0.478 e. The van der Waals surface area contributed by atoms with E-state index in [4.69, 9.17) is 9.47 Å². The number of carbonyl (C=O) groups is 1. The number of ether oxygens (including phenoxy) is 2. The van der Waals surface area contributed by atoms with Crippen molar-refractivity contribution in [2.45, 2.75) is 26.4 Å². The maximum Gasteiger partial charge on any atom is 0.258 e. The smallest absolute Gasteiger partial charge is 0.258 e. The van der Waals surface area contributed by atoms with Crippen LogP contribution >= 0.6 is 0 Å². The summed E-state index contributed by atoms with van der Waals surface area (Å²) >= 11 is 0. The number of nitrogens with zero attached hydrogens (tertiary/aromatic N) is 1. The highest BCUT2D eigenvalue weighted by atomic mass is 16.5. The summed E-state index contributed by atoms with van der Waals surface area (Å²) in [5.74, 6) is -0.0800. The molecule has 2 aromatic rings. The summed E-state index contributed by atoms with van der Waals surface area (Å²) in [4.78, 5) is 24.1. The van der Waals surface area contributed by atoms with Gasteiger partial charge in [0, 0.05) is 25.9 Å². The van der Waals surface area contributed by atoms with Gasteiger partial charge in [-0.2, -0.15) is 0 Å². The molecular weight excluding hydrogens is 320 g/mol. The molecule has 1 N–H and O–H groups in total. The third kappa shape index (κ3) is 5.19. The van der Waals surface area contributed by atoms with Gasteiger partial charge in [-0.15, -0.1) is 0 Å². The second kappa shape index (κ2) is 9.03. The summed E-state index contributed by atoms with van der Waals surface area (Å²) in [6.07, 6.45) is 1.70. The fourth-order valence-electron chi connectivity index (χ4n) is 2.51. The van der Waals surface area contributed by atoms with Gasteiger partial charge in [-0.25, -0.2) is 0 Å². The third-order valence-electron chi connectivity index (χ3n) is 3.95. The van der Waals surface area contributed by atoms with Crippen LogP contribution in [-0.2, 0) is 16.1 Å². The summed E-state index contributed by atoms with van der Waals surface area (Å²) in [6, 6.07) is 11.0. The molecule has 6 nitrogen and oxygen atoms in total. The molecule has 0 spiro atoms. The van der Waals surface area contributed by atoms with Gasteiger partial charge >= 0.3 is 0 Å². The van der Waals surface area contributed by atoms with Crippen LogP contribution in [0.2, 0.25) is 0 Å². The predicted molar refractivity (Wildman–Crippen MR) is 95.8 cm³/mol. The van der Waals surface area contributed by atoms with E-state index < -0.39 is 0 Å². The van der Waals surface area contributed by atoms with Gasteiger partial charge in [0.05, 0.1) is 18.3 Å². The Morgan fingerprint density at radius 1 is 1.24 bits per heavy atom. The molecule has 1 aromatic heterocycles. The quantitative estimate of drug-likeness (QED) is 0.796. The second-order valence-electron chi connectivity index (χ2n) is 5.77. The minimum atomic E-state index is -0.276. The zero-order chi connectivity index (χ0) is 18.2. The van der Waals surface area contributed by atoms with E-state index in [0.717, 1.165) is 5.56 Å². The van der Waals surface area contributed by atoms with Gasteiger partial charge in [0.15, 0.2) is 12.4 Å². The van der Waals surface area contributed by atoms with Crippen molar-refractivity contribution in [1.82, 2.24) is 9.88 Å².